The summed E-state index contributed by atoms with van der Waals surface area (Å²) in [5.41, 5.74) is 0. The fourth-order valence-corrected chi connectivity index (χ4v) is 3.14. The van der Waals surface area contributed by atoms with Crippen molar-refractivity contribution in [3.05, 3.63) is 0 Å². The number of piperazine rings is 1. The molecule has 0 bridgehead atoms. The molecule has 98 valence electrons. The normalized spacial score (nSPS) is 25.9. The number of hydrogen-bond acceptors (Lipinski definition) is 2. The second kappa shape index (κ2) is 6.05. The van der Waals surface area contributed by atoms with E-state index in [0.29, 0.717) is 0 Å². The molecule has 2 aliphatic rings. The van der Waals surface area contributed by atoms with Crippen LogP contribution in [-0.2, 0) is 4.79 Å². The predicted molar refractivity (Wildman–Crippen MR) is 70.3 cm³/mol. The molecule has 1 atom stereocenters. The van der Waals surface area contributed by atoms with Crippen molar-refractivity contribution in [2.24, 2.45) is 0 Å². The third-order valence-corrected chi connectivity index (χ3v) is 4.24. The number of nitrogens with zero attached hydrogens (tertiary/aromatic N) is 2. The van der Waals surface area contributed by atoms with Gasteiger partial charge in [-0.2, -0.15) is 0 Å². The van der Waals surface area contributed by atoms with Crippen LogP contribution in [0.3, 0.4) is 0 Å². The number of hydrogen-bond donors (Lipinski definition) is 0. The minimum absolute atomic E-state index is 0.0926. The summed E-state index contributed by atoms with van der Waals surface area (Å²) in [6.07, 6.45) is 6.85. The van der Waals surface area contributed by atoms with E-state index < -0.39 is 0 Å². The standard InChI is InChI=1S/C13H23ClN2O/c1-11(14)13(17)16-9-7-15(8-10-16)12-5-3-2-4-6-12/h11-12H,2-10H2,1H3/t11-/m0/s1. The molecular formula is C13H23ClN2O. The minimum atomic E-state index is -0.378. The Bertz CT molecular complexity index is 256. The van der Waals surface area contributed by atoms with Gasteiger partial charge in [-0.05, 0) is 19.8 Å². The van der Waals surface area contributed by atoms with E-state index in [1.807, 2.05) is 4.90 Å². The molecular weight excluding hydrogens is 236 g/mol. The zero-order valence-corrected chi connectivity index (χ0v) is 11.5. The molecule has 0 unspecified atom stereocenters. The van der Waals surface area contributed by atoms with Crippen molar-refractivity contribution in [2.75, 3.05) is 26.2 Å². The molecule has 4 heteroatoms. The molecule has 0 radical (unpaired) electrons. The first-order valence-electron chi connectivity index (χ1n) is 6.85. The van der Waals surface area contributed by atoms with Crippen molar-refractivity contribution in [3.8, 4) is 0 Å². The molecule has 0 aromatic carbocycles. The molecule has 1 saturated heterocycles. The summed E-state index contributed by atoms with van der Waals surface area (Å²) in [6.45, 7) is 5.52. The fourth-order valence-electron chi connectivity index (χ4n) is 3.01. The molecule has 1 amide bonds. The second-order valence-electron chi connectivity index (χ2n) is 5.27. The van der Waals surface area contributed by atoms with Gasteiger partial charge in [0.2, 0.25) is 5.91 Å². The Labute approximate surface area is 109 Å². The molecule has 1 heterocycles. The van der Waals surface area contributed by atoms with Crippen molar-refractivity contribution < 1.29 is 4.79 Å². The van der Waals surface area contributed by atoms with Gasteiger partial charge in [-0.3, -0.25) is 9.69 Å². The average Bonchev–Trinajstić information content (AvgIpc) is 2.39. The van der Waals surface area contributed by atoms with Gasteiger partial charge < -0.3 is 4.90 Å². The molecule has 0 aromatic rings. The van der Waals surface area contributed by atoms with E-state index in [4.69, 9.17) is 11.6 Å². The number of carbonyl (C=O) groups excluding carboxylic acids is 1. The topological polar surface area (TPSA) is 23.6 Å². The molecule has 17 heavy (non-hydrogen) atoms. The largest absolute Gasteiger partial charge is 0.339 e. The Hall–Kier alpha value is -0.280. The predicted octanol–water partition coefficient (Wildman–Crippen LogP) is 2.09. The van der Waals surface area contributed by atoms with Crippen LogP contribution in [0.5, 0.6) is 0 Å². The van der Waals surface area contributed by atoms with E-state index in [1.54, 1.807) is 6.92 Å². The third-order valence-electron chi connectivity index (χ3n) is 4.06. The van der Waals surface area contributed by atoms with Crippen LogP contribution in [-0.4, -0.2) is 53.3 Å². The van der Waals surface area contributed by atoms with E-state index in [0.717, 1.165) is 32.2 Å². The Kier molecular flexibility index (Phi) is 4.69. The van der Waals surface area contributed by atoms with Gasteiger partial charge in [0.25, 0.3) is 0 Å². The highest BCUT2D eigenvalue weighted by Gasteiger charge is 2.28. The lowest BCUT2D eigenvalue weighted by Gasteiger charge is -2.41. The summed E-state index contributed by atoms with van der Waals surface area (Å²) < 4.78 is 0. The first-order chi connectivity index (χ1) is 8.18. The van der Waals surface area contributed by atoms with Gasteiger partial charge >= 0.3 is 0 Å². The molecule has 1 aliphatic carbocycles. The van der Waals surface area contributed by atoms with Crippen LogP contribution in [0.2, 0.25) is 0 Å². The van der Waals surface area contributed by atoms with Crippen molar-refractivity contribution in [3.63, 3.8) is 0 Å². The van der Waals surface area contributed by atoms with Crippen LogP contribution in [0.15, 0.2) is 0 Å². The molecule has 0 spiro atoms. The van der Waals surface area contributed by atoms with E-state index in [2.05, 4.69) is 4.90 Å². The fraction of sp³-hybridized carbons (Fsp3) is 0.923. The summed E-state index contributed by atoms with van der Waals surface area (Å²) in [4.78, 5) is 16.2. The molecule has 1 aliphatic heterocycles. The maximum Gasteiger partial charge on any atom is 0.240 e. The van der Waals surface area contributed by atoms with E-state index >= 15 is 0 Å². The molecule has 0 N–H and O–H groups in total. The zero-order valence-electron chi connectivity index (χ0n) is 10.7. The van der Waals surface area contributed by atoms with Gasteiger partial charge in [-0.15, -0.1) is 11.6 Å². The highest BCUT2D eigenvalue weighted by Crippen LogP contribution is 2.23. The molecule has 2 rings (SSSR count). The summed E-state index contributed by atoms with van der Waals surface area (Å²) >= 11 is 5.84. The number of halogens is 1. The maximum atomic E-state index is 11.8. The molecule has 3 nitrogen and oxygen atoms in total. The van der Waals surface area contributed by atoms with Crippen molar-refractivity contribution >= 4 is 17.5 Å². The van der Waals surface area contributed by atoms with Crippen molar-refractivity contribution in [2.45, 2.75) is 50.4 Å². The van der Waals surface area contributed by atoms with Crippen LogP contribution < -0.4 is 0 Å². The number of amides is 1. The molecule has 1 saturated carbocycles. The maximum absolute atomic E-state index is 11.8. The second-order valence-corrected chi connectivity index (χ2v) is 5.92. The summed E-state index contributed by atoms with van der Waals surface area (Å²) in [6, 6.07) is 0.773. The molecule has 2 fully saturated rings. The Balaban J connectivity index is 1.79. The van der Waals surface area contributed by atoms with Gasteiger partial charge in [0.1, 0.15) is 5.38 Å². The van der Waals surface area contributed by atoms with Gasteiger partial charge in [0.15, 0.2) is 0 Å². The van der Waals surface area contributed by atoms with E-state index in [1.165, 1.54) is 32.1 Å². The first kappa shape index (κ1) is 13.2. The highest BCUT2D eigenvalue weighted by atomic mass is 35.5. The Morgan fingerprint density at radius 1 is 1.12 bits per heavy atom. The van der Waals surface area contributed by atoms with Crippen LogP contribution in [0.4, 0.5) is 0 Å². The zero-order chi connectivity index (χ0) is 12.3. The van der Waals surface area contributed by atoms with Gasteiger partial charge in [-0.25, -0.2) is 0 Å². The van der Waals surface area contributed by atoms with Crippen LogP contribution in [0.1, 0.15) is 39.0 Å². The lowest BCUT2D eigenvalue weighted by molar-refractivity contribution is -0.132. The van der Waals surface area contributed by atoms with Crippen LogP contribution in [0, 0.1) is 0 Å². The lowest BCUT2D eigenvalue weighted by Crippen LogP contribution is -2.53. The SMILES string of the molecule is C[C@H](Cl)C(=O)N1CCN(C2CCCCC2)CC1. The Morgan fingerprint density at radius 2 is 1.71 bits per heavy atom. The number of carbonyl (C=O) groups is 1. The third kappa shape index (κ3) is 3.35. The first-order valence-corrected chi connectivity index (χ1v) is 7.29. The Morgan fingerprint density at radius 3 is 2.24 bits per heavy atom. The monoisotopic (exact) mass is 258 g/mol. The number of rotatable bonds is 2. The van der Waals surface area contributed by atoms with Gasteiger partial charge in [-0.1, -0.05) is 19.3 Å². The van der Waals surface area contributed by atoms with E-state index in [-0.39, 0.29) is 11.3 Å². The summed E-state index contributed by atoms with van der Waals surface area (Å²) in [7, 11) is 0. The van der Waals surface area contributed by atoms with Crippen LogP contribution in [0.25, 0.3) is 0 Å². The van der Waals surface area contributed by atoms with Crippen molar-refractivity contribution in [1.82, 2.24) is 9.80 Å². The van der Waals surface area contributed by atoms with Crippen molar-refractivity contribution in [1.29, 1.82) is 0 Å². The average molecular weight is 259 g/mol. The van der Waals surface area contributed by atoms with Gasteiger partial charge in [0.05, 0.1) is 0 Å². The van der Waals surface area contributed by atoms with E-state index in [9.17, 15) is 4.79 Å². The smallest absolute Gasteiger partial charge is 0.240 e. The number of alkyl halides is 1. The molecule has 0 aromatic heterocycles. The lowest BCUT2D eigenvalue weighted by atomic mass is 9.94. The van der Waals surface area contributed by atoms with Crippen LogP contribution >= 0.6 is 11.6 Å². The van der Waals surface area contributed by atoms with Gasteiger partial charge in [0, 0.05) is 32.2 Å². The summed E-state index contributed by atoms with van der Waals surface area (Å²) in [5.74, 6) is 0.0926. The minimum Gasteiger partial charge on any atom is -0.339 e. The summed E-state index contributed by atoms with van der Waals surface area (Å²) in [5, 5.41) is -0.378. The highest BCUT2D eigenvalue weighted by molar-refractivity contribution is 6.30. The quantitative estimate of drug-likeness (QED) is 0.708.